The van der Waals surface area contributed by atoms with Gasteiger partial charge in [-0.05, 0) is 42.7 Å². The first-order valence-electron chi connectivity index (χ1n) is 8.04. The van der Waals surface area contributed by atoms with Gasteiger partial charge < -0.3 is 4.74 Å². The molecule has 2 atom stereocenters. The Hall–Kier alpha value is -2.09. The Morgan fingerprint density at radius 3 is 2.46 bits per heavy atom. The van der Waals surface area contributed by atoms with Crippen LogP contribution in [0.15, 0.2) is 42.5 Å². The van der Waals surface area contributed by atoms with Gasteiger partial charge in [0.1, 0.15) is 17.8 Å². The fourth-order valence-electron chi connectivity index (χ4n) is 2.66. The van der Waals surface area contributed by atoms with Gasteiger partial charge in [-0.1, -0.05) is 24.3 Å². The first kappa shape index (κ1) is 20.2. The van der Waals surface area contributed by atoms with Crippen molar-refractivity contribution in [2.45, 2.75) is 24.5 Å². The number of hydrogen-bond donors (Lipinski definition) is 3. The lowest BCUT2D eigenvalue weighted by Crippen LogP contribution is -2.49. The highest BCUT2D eigenvalue weighted by Crippen LogP contribution is 2.32. The van der Waals surface area contributed by atoms with Crippen molar-refractivity contribution in [1.82, 2.24) is 5.48 Å². The summed E-state index contributed by atoms with van der Waals surface area (Å²) in [5.41, 5.74) is 4.23. The number of amides is 1. The molecule has 2 unspecified atom stereocenters. The molecule has 0 aromatic heterocycles. The third kappa shape index (κ3) is 4.35. The number of ether oxygens (including phenoxy) is 1. The number of benzene rings is 2. The molecule has 0 aliphatic rings. The van der Waals surface area contributed by atoms with Crippen LogP contribution < -0.4 is 10.2 Å². The maximum Gasteiger partial charge on any atom is 0.302 e. The van der Waals surface area contributed by atoms with Crippen LogP contribution in [0.1, 0.15) is 18.9 Å². The van der Waals surface area contributed by atoms with Crippen molar-refractivity contribution in [3.05, 3.63) is 53.8 Å². The summed E-state index contributed by atoms with van der Waals surface area (Å²) in [4.78, 5) is 11.9. The lowest BCUT2D eigenvalue weighted by Gasteiger charge is -2.21. The molecule has 2 aromatic carbocycles. The second-order valence-electron chi connectivity index (χ2n) is 6.19. The predicted molar refractivity (Wildman–Crippen MR) is 101 cm³/mol. The molecule has 0 heterocycles. The normalized spacial score (nSPS) is 14.4. The molecule has 2 aromatic rings. The second kappa shape index (κ2) is 8.53. The van der Waals surface area contributed by atoms with E-state index in [1.165, 1.54) is 12.1 Å². The average Bonchev–Trinajstić information content (AvgIpc) is 2.65. The summed E-state index contributed by atoms with van der Waals surface area (Å²) in [6, 6.07) is 11.8. The van der Waals surface area contributed by atoms with Crippen molar-refractivity contribution < 1.29 is 23.7 Å². The molecule has 0 radical (unpaired) electrons. The first-order chi connectivity index (χ1) is 12.3. The summed E-state index contributed by atoms with van der Waals surface area (Å²) >= 11 is -1.20. The molecule has 0 fully saturated rings. The van der Waals surface area contributed by atoms with Crippen molar-refractivity contribution in [1.29, 1.82) is 0 Å². The maximum absolute atomic E-state index is 13.1. The number of methoxy groups -OCH3 is 1. The van der Waals surface area contributed by atoms with E-state index in [9.17, 15) is 13.7 Å². The summed E-state index contributed by atoms with van der Waals surface area (Å²) in [5, 5.41) is 8.93. The largest absolute Gasteiger partial charge is 0.496 e. The van der Waals surface area contributed by atoms with E-state index in [4.69, 9.17) is 9.94 Å². The summed E-state index contributed by atoms with van der Waals surface area (Å²) in [7, 11) is 1.56. The Kier molecular flexibility index (Phi) is 6.63. The van der Waals surface area contributed by atoms with E-state index >= 15 is 0 Å². The number of carbonyl (C=O) groups is 1. The minimum Gasteiger partial charge on any atom is -0.496 e. The quantitative estimate of drug-likeness (QED) is 0.391. The van der Waals surface area contributed by atoms with Gasteiger partial charge >= 0.3 is 5.91 Å². The van der Waals surface area contributed by atoms with Crippen molar-refractivity contribution in [2.75, 3.05) is 13.4 Å². The Bertz CT molecular complexity index is 767. The molecule has 0 bridgehead atoms. The molecular formula is C19H23FNO4S+. The minimum absolute atomic E-state index is 0.301. The van der Waals surface area contributed by atoms with Crippen molar-refractivity contribution in [3.63, 3.8) is 0 Å². The summed E-state index contributed by atoms with van der Waals surface area (Å²) in [5.74, 6) is -0.271. The third-order valence-electron chi connectivity index (χ3n) is 4.55. The molecule has 1 amide bonds. The first-order valence-corrected chi connectivity index (χ1v) is 9.63. The van der Waals surface area contributed by atoms with Gasteiger partial charge in [0.05, 0.1) is 7.11 Å². The molecule has 0 aliphatic carbocycles. The third-order valence-corrected chi connectivity index (χ3v) is 6.24. The Labute approximate surface area is 155 Å². The molecule has 0 aliphatic heterocycles. The van der Waals surface area contributed by atoms with Gasteiger partial charge in [0.25, 0.3) is 0 Å². The van der Waals surface area contributed by atoms with E-state index in [1.54, 1.807) is 37.9 Å². The fraction of sp³-hybridized carbons (Fsp3) is 0.316. The van der Waals surface area contributed by atoms with Gasteiger partial charge in [-0.15, -0.1) is 0 Å². The van der Waals surface area contributed by atoms with Gasteiger partial charge in [0.2, 0.25) is 4.75 Å². The highest BCUT2D eigenvalue weighted by Gasteiger charge is 2.47. The molecule has 0 saturated heterocycles. The summed E-state index contributed by atoms with van der Waals surface area (Å²) in [6.07, 6.45) is 2.42. The standard InChI is InChI=1S/C19H22FNO4S/c1-19(26(3)24,18(22)21-23)11-10-13-4-9-16(17(12-13)25-2)14-5-7-15(20)8-6-14/h4-9,12,24H,10-11H2,1-3H3,(H-,21,22,23)/p+1. The molecule has 140 valence electrons. The zero-order valence-corrected chi connectivity index (χ0v) is 15.8. The number of rotatable bonds is 7. The number of hydrogen-bond acceptors (Lipinski definition) is 4. The Morgan fingerprint density at radius 1 is 1.27 bits per heavy atom. The van der Waals surface area contributed by atoms with Crippen LogP contribution in [0, 0.1) is 5.82 Å². The van der Waals surface area contributed by atoms with Gasteiger partial charge in [-0.2, -0.15) is 4.55 Å². The summed E-state index contributed by atoms with van der Waals surface area (Å²) < 4.78 is 27.5. The Balaban J connectivity index is 2.24. The molecule has 5 nitrogen and oxygen atoms in total. The van der Waals surface area contributed by atoms with E-state index in [-0.39, 0.29) is 5.82 Å². The maximum atomic E-state index is 13.1. The average molecular weight is 380 g/mol. The van der Waals surface area contributed by atoms with Gasteiger partial charge in [-0.25, -0.2) is 9.87 Å². The molecular weight excluding hydrogens is 357 g/mol. The van der Waals surface area contributed by atoms with Crippen LogP contribution >= 0.6 is 0 Å². The monoisotopic (exact) mass is 380 g/mol. The fourth-order valence-corrected chi connectivity index (χ4v) is 3.37. The molecule has 26 heavy (non-hydrogen) atoms. The molecule has 7 heteroatoms. The van der Waals surface area contributed by atoms with E-state index in [0.717, 1.165) is 16.7 Å². The lowest BCUT2D eigenvalue weighted by atomic mass is 9.97. The number of nitrogens with one attached hydrogen (secondary N) is 1. The number of aryl methyl sites for hydroxylation is 1. The van der Waals surface area contributed by atoms with Crippen LogP contribution in [-0.2, 0) is 22.4 Å². The van der Waals surface area contributed by atoms with Gasteiger partial charge in [0, 0.05) is 12.0 Å². The highest BCUT2D eigenvalue weighted by molar-refractivity contribution is 7.92. The minimum atomic E-state index is -1.20. The Morgan fingerprint density at radius 2 is 1.92 bits per heavy atom. The van der Waals surface area contributed by atoms with Crippen LogP contribution in [0.25, 0.3) is 11.1 Å². The van der Waals surface area contributed by atoms with Crippen molar-refractivity contribution in [3.8, 4) is 16.9 Å². The smallest absolute Gasteiger partial charge is 0.302 e. The number of hydroxylamine groups is 1. The van der Waals surface area contributed by atoms with Crippen molar-refractivity contribution in [2.24, 2.45) is 0 Å². The lowest BCUT2D eigenvalue weighted by molar-refractivity contribution is -0.131. The topological polar surface area (TPSA) is 78.8 Å². The zero-order chi connectivity index (χ0) is 19.3. The molecule has 0 saturated carbocycles. The highest BCUT2D eigenvalue weighted by atomic mass is 32.2. The van der Waals surface area contributed by atoms with Crippen LogP contribution in [0.5, 0.6) is 5.75 Å². The van der Waals surface area contributed by atoms with Gasteiger partial charge in [0.15, 0.2) is 11.2 Å². The predicted octanol–water partition coefficient (Wildman–Crippen LogP) is 3.42. The van der Waals surface area contributed by atoms with Gasteiger partial charge in [-0.3, -0.25) is 10.0 Å². The zero-order valence-electron chi connectivity index (χ0n) is 15.0. The van der Waals surface area contributed by atoms with Crippen LogP contribution in [0.4, 0.5) is 4.39 Å². The van der Waals surface area contributed by atoms with Crippen LogP contribution in [0.2, 0.25) is 0 Å². The summed E-state index contributed by atoms with van der Waals surface area (Å²) in [6.45, 7) is 1.62. The molecule has 3 N–H and O–H groups in total. The van der Waals surface area contributed by atoms with E-state index in [2.05, 4.69) is 0 Å². The van der Waals surface area contributed by atoms with E-state index in [1.807, 2.05) is 18.2 Å². The SMILES string of the molecule is COc1cc(CCC(C)(C(=O)NO)[S+](C)O)ccc1-c1ccc(F)cc1. The van der Waals surface area contributed by atoms with E-state index in [0.29, 0.717) is 18.6 Å². The number of halogens is 1. The number of carbonyl (C=O) groups excluding carboxylic acids is 1. The van der Waals surface area contributed by atoms with Crippen molar-refractivity contribution >= 4 is 17.1 Å². The van der Waals surface area contributed by atoms with E-state index < -0.39 is 21.8 Å². The second-order valence-corrected chi connectivity index (χ2v) is 8.05. The molecule has 0 spiro atoms. The molecule has 2 rings (SSSR count). The van der Waals surface area contributed by atoms with Crippen LogP contribution in [-0.4, -0.2) is 33.8 Å². The van der Waals surface area contributed by atoms with Crippen LogP contribution in [0.3, 0.4) is 0 Å².